The molecule has 0 radical (unpaired) electrons. The maximum absolute atomic E-state index is 6.30. The van der Waals surface area contributed by atoms with Gasteiger partial charge in [0, 0.05) is 54.9 Å². The fraction of sp³-hybridized carbons (Fsp3) is 0. The molecule has 0 aliphatic carbocycles. The molecule has 0 unspecified atom stereocenters. The first-order chi connectivity index (χ1) is 29.7. The topological polar surface area (TPSA) is 69.6 Å². The van der Waals surface area contributed by atoms with Gasteiger partial charge in [-0.3, -0.25) is 0 Å². The van der Waals surface area contributed by atoms with Crippen LogP contribution in [0, 0.1) is 0 Å². The summed E-state index contributed by atoms with van der Waals surface area (Å²) in [5.41, 5.74) is 12.9. The number of hydrogen-bond acceptors (Lipinski definition) is 5. The number of benzene rings is 8. The highest BCUT2D eigenvalue weighted by Gasteiger charge is 2.18. The van der Waals surface area contributed by atoms with E-state index in [2.05, 4.69) is 156 Å². The molecule has 0 saturated heterocycles. The lowest BCUT2D eigenvalue weighted by atomic mass is 9.98. The molecule has 60 heavy (non-hydrogen) atoms. The Kier molecular flexibility index (Phi) is 7.74. The summed E-state index contributed by atoms with van der Waals surface area (Å²) in [6, 6.07) is 69.2. The quantitative estimate of drug-likeness (QED) is 0.168. The van der Waals surface area contributed by atoms with Crippen molar-refractivity contribution >= 4 is 54.6 Å². The van der Waals surface area contributed by atoms with E-state index in [1.807, 2.05) is 48.5 Å². The lowest BCUT2D eigenvalue weighted by Crippen LogP contribution is -2.00. The summed E-state index contributed by atoms with van der Waals surface area (Å²) in [6.07, 6.45) is 0. The van der Waals surface area contributed by atoms with Gasteiger partial charge in [0.05, 0.1) is 16.7 Å². The van der Waals surface area contributed by atoms with Crippen LogP contribution in [0.3, 0.4) is 0 Å². The highest BCUT2D eigenvalue weighted by Crippen LogP contribution is 2.38. The fourth-order valence-corrected chi connectivity index (χ4v) is 8.55. The monoisotopic (exact) mass is 767 g/mol. The molecule has 0 N–H and O–H groups in total. The number of nitrogens with zero attached hydrogens (tertiary/aromatic N) is 5. The molecule has 0 amide bonds. The van der Waals surface area contributed by atoms with Crippen LogP contribution in [0.4, 0.5) is 0 Å². The number of fused-ring (bicyclic) bond motifs is 8. The van der Waals surface area contributed by atoms with Crippen molar-refractivity contribution in [3.63, 3.8) is 0 Å². The molecule has 6 nitrogen and oxygen atoms in total. The largest absolute Gasteiger partial charge is 0.454 e. The molecule has 0 fully saturated rings. The maximum atomic E-state index is 6.30. The molecular weight excluding hydrogens is 735 g/mol. The van der Waals surface area contributed by atoms with Crippen molar-refractivity contribution in [2.45, 2.75) is 0 Å². The highest BCUT2D eigenvalue weighted by molar-refractivity contribution is 6.16. The molecule has 280 valence electrons. The van der Waals surface area contributed by atoms with Crippen LogP contribution >= 0.6 is 0 Å². The first kappa shape index (κ1) is 33.9. The first-order valence-electron chi connectivity index (χ1n) is 20.1. The van der Waals surface area contributed by atoms with Crippen LogP contribution < -0.4 is 0 Å². The van der Waals surface area contributed by atoms with Crippen molar-refractivity contribution in [2.24, 2.45) is 0 Å². The van der Waals surface area contributed by atoms with Crippen LogP contribution in [0.15, 0.2) is 205 Å². The third-order valence-electron chi connectivity index (χ3n) is 11.5. The van der Waals surface area contributed by atoms with E-state index in [-0.39, 0.29) is 0 Å². The number of rotatable bonds is 6. The van der Waals surface area contributed by atoms with Gasteiger partial charge < -0.3 is 8.98 Å². The highest BCUT2D eigenvalue weighted by atomic mass is 16.3. The molecule has 4 heterocycles. The Bertz CT molecular complexity index is 3520. The molecule has 0 atom stereocenters. The van der Waals surface area contributed by atoms with Crippen LogP contribution in [0.2, 0.25) is 0 Å². The van der Waals surface area contributed by atoms with Gasteiger partial charge in [0.1, 0.15) is 11.1 Å². The average Bonchev–Trinajstić information content (AvgIpc) is 3.88. The Morgan fingerprint density at radius 1 is 0.317 bits per heavy atom. The van der Waals surface area contributed by atoms with Crippen molar-refractivity contribution in [3.05, 3.63) is 200 Å². The number of pyridine rings is 1. The van der Waals surface area contributed by atoms with Crippen molar-refractivity contribution in [1.29, 1.82) is 0 Å². The van der Waals surface area contributed by atoms with Gasteiger partial charge in [0.15, 0.2) is 23.1 Å². The summed E-state index contributed by atoms with van der Waals surface area (Å²) in [5, 5.41) is 5.61. The second-order valence-electron chi connectivity index (χ2n) is 15.0. The summed E-state index contributed by atoms with van der Waals surface area (Å²) in [5.74, 6) is 1.87. The molecule has 4 aromatic heterocycles. The summed E-state index contributed by atoms with van der Waals surface area (Å²) in [4.78, 5) is 20.2. The summed E-state index contributed by atoms with van der Waals surface area (Å²) >= 11 is 0. The third-order valence-corrected chi connectivity index (χ3v) is 11.5. The van der Waals surface area contributed by atoms with Crippen LogP contribution in [0.25, 0.3) is 117 Å². The summed E-state index contributed by atoms with van der Waals surface area (Å²) < 4.78 is 8.62. The third kappa shape index (κ3) is 5.57. The SMILES string of the molecule is c1ccc(-c2nc(-c3ccc(-c4ccc(-c5nc6c7ccccc7oc6c6ccccc56)cc4)cc3)nc(-c3ccc(-n4c5ccccc5c5ccccc54)cc3)n2)cc1. The lowest BCUT2D eigenvalue weighted by Gasteiger charge is -2.11. The molecule has 6 heteroatoms. The maximum Gasteiger partial charge on any atom is 0.164 e. The Balaban J connectivity index is 0.886. The number of hydrogen-bond donors (Lipinski definition) is 0. The van der Waals surface area contributed by atoms with Gasteiger partial charge in [-0.15, -0.1) is 0 Å². The normalized spacial score (nSPS) is 11.7. The Labute approximate surface area is 344 Å². The first-order valence-corrected chi connectivity index (χ1v) is 20.1. The van der Waals surface area contributed by atoms with Crippen molar-refractivity contribution in [3.8, 4) is 62.2 Å². The second kappa shape index (κ2) is 13.7. The van der Waals surface area contributed by atoms with Crippen molar-refractivity contribution in [2.75, 3.05) is 0 Å². The van der Waals surface area contributed by atoms with E-state index in [4.69, 9.17) is 24.4 Å². The minimum atomic E-state index is 0.618. The summed E-state index contributed by atoms with van der Waals surface area (Å²) in [6.45, 7) is 0. The van der Waals surface area contributed by atoms with E-state index in [9.17, 15) is 0 Å². The Morgan fingerprint density at radius 3 is 1.35 bits per heavy atom. The summed E-state index contributed by atoms with van der Waals surface area (Å²) in [7, 11) is 0. The van der Waals surface area contributed by atoms with Gasteiger partial charge in [-0.2, -0.15) is 0 Å². The minimum absolute atomic E-state index is 0.618. The fourth-order valence-electron chi connectivity index (χ4n) is 8.55. The van der Waals surface area contributed by atoms with Crippen LogP contribution in [-0.4, -0.2) is 24.5 Å². The zero-order chi connectivity index (χ0) is 39.6. The van der Waals surface area contributed by atoms with Crippen molar-refractivity contribution < 1.29 is 4.42 Å². The molecule has 12 rings (SSSR count). The van der Waals surface area contributed by atoms with Crippen LogP contribution in [-0.2, 0) is 0 Å². The van der Waals surface area contributed by atoms with Gasteiger partial charge in [0.2, 0.25) is 0 Å². The van der Waals surface area contributed by atoms with E-state index >= 15 is 0 Å². The Morgan fingerprint density at radius 2 is 0.750 bits per heavy atom. The molecule has 0 aliphatic rings. The van der Waals surface area contributed by atoms with E-state index in [0.717, 1.165) is 77.6 Å². The molecule has 0 bridgehead atoms. The standard InChI is InChI=1S/C54H33N5O/c1-2-12-37(13-3-1)52-56-53(58-54(57-52)39-30-32-40(33-31-39)59-46-19-9-6-14-41(46)42-15-7-10-20-47(42)59)38-28-24-35(25-29-38)34-22-26-36(27-23-34)49-43-16-4-5-17-44(43)51-50(55-49)45-18-8-11-21-48(45)60-51/h1-33H. The number of furan rings is 1. The smallest absolute Gasteiger partial charge is 0.164 e. The molecule has 8 aromatic carbocycles. The van der Waals surface area contributed by atoms with E-state index in [0.29, 0.717) is 17.5 Å². The molecule has 0 aliphatic heterocycles. The van der Waals surface area contributed by atoms with Gasteiger partial charge in [-0.1, -0.05) is 152 Å². The van der Waals surface area contributed by atoms with E-state index in [1.165, 1.54) is 21.8 Å². The Hall–Kier alpha value is -8.22. The van der Waals surface area contributed by atoms with Crippen LogP contribution in [0.1, 0.15) is 0 Å². The second-order valence-corrected chi connectivity index (χ2v) is 15.0. The minimum Gasteiger partial charge on any atom is -0.454 e. The average molecular weight is 768 g/mol. The molecule has 12 aromatic rings. The zero-order valence-electron chi connectivity index (χ0n) is 32.2. The lowest BCUT2D eigenvalue weighted by molar-refractivity contribution is 0.672. The van der Waals surface area contributed by atoms with Gasteiger partial charge in [-0.05, 0) is 59.7 Å². The van der Waals surface area contributed by atoms with Gasteiger partial charge in [-0.25, -0.2) is 19.9 Å². The predicted molar refractivity (Wildman–Crippen MR) is 244 cm³/mol. The van der Waals surface area contributed by atoms with Gasteiger partial charge >= 0.3 is 0 Å². The van der Waals surface area contributed by atoms with Gasteiger partial charge in [0.25, 0.3) is 0 Å². The zero-order valence-corrected chi connectivity index (χ0v) is 32.2. The molecular formula is C54H33N5O. The molecule has 0 saturated carbocycles. The van der Waals surface area contributed by atoms with E-state index in [1.54, 1.807) is 0 Å². The predicted octanol–water partition coefficient (Wildman–Crippen LogP) is 13.8. The van der Waals surface area contributed by atoms with Crippen molar-refractivity contribution in [1.82, 2.24) is 24.5 Å². The van der Waals surface area contributed by atoms with Crippen LogP contribution in [0.5, 0.6) is 0 Å². The van der Waals surface area contributed by atoms with E-state index < -0.39 is 0 Å². The number of para-hydroxylation sites is 3. The molecule has 0 spiro atoms. The number of aromatic nitrogens is 5.